The molecule has 0 spiro atoms. The molecule has 0 atom stereocenters. The number of rotatable bonds is 6. The van der Waals surface area contributed by atoms with Gasteiger partial charge in [-0.15, -0.1) is 0 Å². The third kappa shape index (κ3) is 12.5. The van der Waals surface area contributed by atoms with Gasteiger partial charge in [-0.1, -0.05) is 12.8 Å². The van der Waals surface area contributed by atoms with E-state index in [4.69, 9.17) is 9.47 Å². The molecule has 0 aliphatic carbocycles. The minimum absolute atomic E-state index is 0. The average Bonchev–Trinajstić information content (AvgIpc) is 3.00. The van der Waals surface area contributed by atoms with Gasteiger partial charge in [0.25, 0.3) is 0 Å². The molecule has 0 bridgehead atoms. The van der Waals surface area contributed by atoms with Crippen LogP contribution in [0.2, 0.25) is 0 Å². The number of piperidine rings is 2. The van der Waals surface area contributed by atoms with E-state index < -0.39 is 0 Å². The van der Waals surface area contributed by atoms with E-state index in [1.165, 1.54) is 51.0 Å². The van der Waals surface area contributed by atoms with Crippen LogP contribution < -0.4 is 9.47 Å². The summed E-state index contributed by atoms with van der Waals surface area (Å²) in [4.78, 5) is 4.21. The molecule has 2 aromatic rings. The minimum atomic E-state index is 0. The summed E-state index contributed by atoms with van der Waals surface area (Å²) in [6.45, 7) is 3.90. The summed E-state index contributed by atoms with van der Waals surface area (Å²) < 4.78 is 10.2. The Kier molecular flexibility index (Phi) is 18.5. The molecule has 0 unspecified atom stereocenters. The Bertz CT molecular complexity index is 1100. The number of likely N-dealkylation sites (tertiary alicyclic amines) is 2. The molecule has 2 fully saturated rings. The summed E-state index contributed by atoms with van der Waals surface area (Å²) in [5.74, 6) is 1.61. The van der Waals surface area contributed by atoms with E-state index in [0.717, 1.165) is 26.2 Å². The quantitative estimate of drug-likeness (QED) is 0.117. The molecule has 236 valence electrons. The number of thiol groups is 2. The van der Waals surface area contributed by atoms with E-state index in [1.54, 1.807) is 50.6 Å². The van der Waals surface area contributed by atoms with Crippen LogP contribution in [0.15, 0.2) is 46.6 Å². The normalized spacial score (nSPS) is 15.5. The Balaban J connectivity index is 0.000000401. The summed E-state index contributed by atoms with van der Waals surface area (Å²) >= 11 is 8.72. The molecule has 2 aliphatic rings. The molecule has 2 radical (unpaired) electrons. The first-order valence-electron chi connectivity index (χ1n) is 13.2. The van der Waals surface area contributed by atoms with Crippen LogP contribution in [0, 0.1) is 0 Å². The zero-order valence-electron chi connectivity index (χ0n) is 23.6. The SMILES string of the molecule is COc1ccc(O)c(C=N[N-]C(=[SH+])N2CCCCC2)c1.COc1ccc(O)c(C=N[N-]C(=[SH+])N2CCCCC2)c1.[Cu+2].[Cu]. The molecule has 2 aromatic carbocycles. The predicted octanol–water partition coefficient (Wildman–Crippen LogP) is 3.92. The number of nitrogens with zero attached hydrogens (tertiary/aromatic N) is 6. The molecule has 0 amide bonds. The number of hydrogen-bond acceptors (Lipinski definition) is 6. The number of aromatic hydroxyl groups is 2. The van der Waals surface area contributed by atoms with Gasteiger partial charge >= 0.3 is 17.1 Å². The van der Waals surface area contributed by atoms with Gasteiger partial charge in [-0.25, -0.2) is 9.80 Å². The van der Waals surface area contributed by atoms with Gasteiger partial charge in [0.15, 0.2) is 34.7 Å². The minimum Gasteiger partial charge on any atom is -0.515 e. The van der Waals surface area contributed by atoms with Crippen LogP contribution in [0.25, 0.3) is 10.9 Å². The van der Waals surface area contributed by atoms with Crippen LogP contribution in [0.4, 0.5) is 0 Å². The van der Waals surface area contributed by atoms with E-state index in [1.807, 2.05) is 0 Å². The molecular formula is C28H38Cu2N6O4S2+2. The summed E-state index contributed by atoms with van der Waals surface area (Å²) in [5, 5.41) is 28.6. The van der Waals surface area contributed by atoms with Gasteiger partial charge in [0.1, 0.15) is 23.0 Å². The van der Waals surface area contributed by atoms with Crippen LogP contribution in [0.5, 0.6) is 23.0 Å². The number of methoxy groups -OCH3 is 2. The fourth-order valence-electron chi connectivity index (χ4n) is 4.13. The Labute approximate surface area is 279 Å². The summed E-state index contributed by atoms with van der Waals surface area (Å²) in [6, 6.07) is 9.91. The topological polar surface area (TPSA) is 118 Å². The van der Waals surface area contributed by atoms with Crippen LogP contribution in [-0.2, 0) is 58.6 Å². The van der Waals surface area contributed by atoms with Crippen molar-refractivity contribution >= 4 is 47.1 Å². The second-order valence-corrected chi connectivity index (χ2v) is 10.0. The first kappa shape index (κ1) is 37.7. The summed E-state index contributed by atoms with van der Waals surface area (Å²) in [6.07, 6.45) is 10.2. The molecule has 2 N–H and O–H groups in total. The second kappa shape index (κ2) is 20.6. The standard InChI is InChI=1S/2C14H19N3O2S.2Cu/c2*1-19-12-5-6-13(18)11(9-12)10-15-16-14(20)17-7-3-2-4-8-17;;/h2*5-6,9-10H,2-4,7-8H2,1H3,(H2,15,16,18,20);;/q;;;+2. The molecule has 4 rings (SSSR count). The van der Waals surface area contributed by atoms with Gasteiger partial charge in [-0.2, -0.15) is 0 Å². The van der Waals surface area contributed by atoms with Gasteiger partial charge in [0.05, 0.1) is 14.2 Å². The molecule has 2 saturated heterocycles. The van der Waals surface area contributed by atoms with Crippen LogP contribution in [0.1, 0.15) is 49.7 Å². The van der Waals surface area contributed by atoms with Crippen molar-refractivity contribution in [1.29, 1.82) is 0 Å². The number of phenolic OH excluding ortho intramolecular Hbond substituents is 2. The number of hydrogen-bond donors (Lipinski definition) is 2. The molecule has 2 aliphatic heterocycles. The van der Waals surface area contributed by atoms with Gasteiger partial charge in [0, 0.05) is 66.8 Å². The van der Waals surface area contributed by atoms with E-state index in [-0.39, 0.29) is 45.6 Å². The van der Waals surface area contributed by atoms with Crippen molar-refractivity contribution in [2.24, 2.45) is 10.2 Å². The zero-order chi connectivity index (χ0) is 28.7. The monoisotopic (exact) mass is 712 g/mol. The van der Waals surface area contributed by atoms with Gasteiger partial charge in [-0.05, 0) is 62.1 Å². The van der Waals surface area contributed by atoms with Crippen LogP contribution in [0.3, 0.4) is 0 Å². The molecule has 14 heteroatoms. The number of ether oxygens (including phenoxy) is 2. The Hall–Kier alpha value is -2.28. The van der Waals surface area contributed by atoms with Crippen molar-refractivity contribution in [3.63, 3.8) is 0 Å². The Morgan fingerprint density at radius 2 is 1.07 bits per heavy atom. The molecule has 0 saturated carbocycles. The van der Waals surface area contributed by atoms with E-state index >= 15 is 0 Å². The largest absolute Gasteiger partial charge is 2.00 e. The van der Waals surface area contributed by atoms with Gasteiger partial charge < -0.3 is 40.7 Å². The van der Waals surface area contributed by atoms with Crippen molar-refractivity contribution in [3.05, 3.63) is 58.4 Å². The van der Waals surface area contributed by atoms with Crippen molar-refractivity contribution < 1.29 is 53.8 Å². The van der Waals surface area contributed by atoms with E-state index in [9.17, 15) is 10.2 Å². The second-order valence-electron chi connectivity index (χ2n) is 9.23. The predicted molar refractivity (Wildman–Crippen MR) is 170 cm³/mol. The van der Waals surface area contributed by atoms with Crippen molar-refractivity contribution in [2.75, 3.05) is 40.4 Å². The Morgan fingerprint density at radius 3 is 1.40 bits per heavy atom. The van der Waals surface area contributed by atoms with E-state index in [0.29, 0.717) is 32.9 Å². The first-order valence-corrected chi connectivity index (χ1v) is 14.1. The maximum absolute atomic E-state index is 9.72. The number of benzene rings is 2. The van der Waals surface area contributed by atoms with Crippen LogP contribution >= 0.6 is 0 Å². The van der Waals surface area contributed by atoms with E-state index in [2.05, 4.69) is 55.3 Å². The molecule has 2 heterocycles. The van der Waals surface area contributed by atoms with Gasteiger partial charge in [-0.3, -0.25) is 0 Å². The molecule has 0 aromatic heterocycles. The van der Waals surface area contributed by atoms with Crippen LogP contribution in [-0.4, -0.2) is 83.1 Å². The smallest absolute Gasteiger partial charge is 0.515 e. The number of phenols is 2. The average molecular weight is 714 g/mol. The van der Waals surface area contributed by atoms with Crippen molar-refractivity contribution in [3.8, 4) is 23.0 Å². The maximum Gasteiger partial charge on any atom is 2.00 e. The summed E-state index contributed by atoms with van der Waals surface area (Å²) in [5.41, 5.74) is 9.25. The molecular weight excluding hydrogens is 676 g/mol. The van der Waals surface area contributed by atoms with Crippen molar-refractivity contribution in [2.45, 2.75) is 38.5 Å². The molecule has 10 nitrogen and oxygen atoms in total. The van der Waals surface area contributed by atoms with Crippen molar-refractivity contribution in [1.82, 2.24) is 9.80 Å². The van der Waals surface area contributed by atoms with Gasteiger partial charge in [0.2, 0.25) is 0 Å². The fourth-order valence-corrected chi connectivity index (χ4v) is 4.63. The third-order valence-corrected chi connectivity index (χ3v) is 7.18. The summed E-state index contributed by atoms with van der Waals surface area (Å²) in [7, 11) is 3.15. The zero-order valence-corrected chi connectivity index (χ0v) is 27.3. The Morgan fingerprint density at radius 1 is 0.714 bits per heavy atom. The fraction of sp³-hybridized carbons (Fsp3) is 0.429. The maximum atomic E-state index is 9.72. The molecule has 42 heavy (non-hydrogen) atoms. The first-order chi connectivity index (χ1) is 19.4. The third-order valence-electron chi connectivity index (χ3n) is 6.44.